The summed E-state index contributed by atoms with van der Waals surface area (Å²) in [5, 5.41) is 7.01. The number of nitrogens with zero attached hydrogens (tertiary/aromatic N) is 3. The average Bonchev–Trinajstić information content (AvgIpc) is 3.10. The van der Waals surface area contributed by atoms with Gasteiger partial charge in [0.2, 0.25) is 5.91 Å². The monoisotopic (exact) mass is 346 g/mol. The molecule has 2 aromatic rings. The first kappa shape index (κ1) is 15.3. The van der Waals surface area contributed by atoms with Crippen molar-refractivity contribution in [2.24, 2.45) is 5.92 Å². The van der Waals surface area contributed by atoms with Crippen LogP contribution in [0.3, 0.4) is 0 Å². The lowest BCUT2D eigenvalue weighted by atomic mass is 9.84. The van der Waals surface area contributed by atoms with E-state index in [2.05, 4.69) is 15.5 Å². The summed E-state index contributed by atoms with van der Waals surface area (Å²) in [6.45, 7) is 3.04. The van der Waals surface area contributed by atoms with E-state index >= 15 is 0 Å². The standard InChI is InChI=1S/C16H18N4O3S/c1-9-7-12(19-23-9)14(21)18-16-17-11-5-6-20(8-13(11)24-16)15(22)10-3-2-4-10/h7,10H,2-6,8H2,1H3,(H,17,18,21). The third kappa shape index (κ3) is 2.82. The van der Waals surface area contributed by atoms with Crippen LogP contribution in [0.25, 0.3) is 0 Å². The summed E-state index contributed by atoms with van der Waals surface area (Å²) in [6.07, 6.45) is 3.93. The van der Waals surface area contributed by atoms with Gasteiger partial charge in [0.25, 0.3) is 5.91 Å². The Kier molecular flexibility index (Phi) is 3.84. The quantitative estimate of drug-likeness (QED) is 0.922. The Morgan fingerprint density at radius 2 is 2.25 bits per heavy atom. The molecule has 0 atom stereocenters. The Hall–Kier alpha value is -2.22. The molecule has 1 N–H and O–H groups in total. The molecular formula is C16H18N4O3S. The number of rotatable bonds is 3. The van der Waals surface area contributed by atoms with Crippen molar-refractivity contribution < 1.29 is 14.1 Å². The normalized spacial score (nSPS) is 17.3. The van der Waals surface area contributed by atoms with E-state index in [1.54, 1.807) is 13.0 Å². The third-order valence-corrected chi connectivity index (χ3v) is 5.58. The highest BCUT2D eigenvalue weighted by Gasteiger charge is 2.32. The highest BCUT2D eigenvalue weighted by Crippen LogP contribution is 2.33. The molecule has 2 aromatic heterocycles. The number of nitrogens with one attached hydrogen (secondary N) is 1. The molecule has 24 heavy (non-hydrogen) atoms. The van der Waals surface area contributed by atoms with Crippen LogP contribution >= 0.6 is 11.3 Å². The largest absolute Gasteiger partial charge is 0.361 e. The van der Waals surface area contributed by atoms with E-state index in [-0.39, 0.29) is 23.4 Å². The number of carbonyl (C=O) groups excluding carboxylic acids is 2. The summed E-state index contributed by atoms with van der Waals surface area (Å²) < 4.78 is 4.91. The second-order valence-electron chi connectivity index (χ2n) is 6.30. The predicted octanol–water partition coefficient (Wildman–Crippen LogP) is 2.38. The van der Waals surface area contributed by atoms with Crippen molar-refractivity contribution in [3.8, 4) is 0 Å². The van der Waals surface area contributed by atoms with Gasteiger partial charge in [-0.1, -0.05) is 22.9 Å². The van der Waals surface area contributed by atoms with Crippen molar-refractivity contribution in [1.82, 2.24) is 15.0 Å². The highest BCUT2D eigenvalue weighted by atomic mass is 32.1. The first-order chi connectivity index (χ1) is 11.6. The zero-order valence-corrected chi connectivity index (χ0v) is 14.2. The first-order valence-electron chi connectivity index (χ1n) is 8.12. The smallest absolute Gasteiger partial charge is 0.279 e. The molecule has 0 bridgehead atoms. The maximum absolute atomic E-state index is 12.4. The Bertz CT molecular complexity index is 793. The molecular weight excluding hydrogens is 328 g/mol. The molecule has 3 heterocycles. The SMILES string of the molecule is Cc1cc(C(=O)Nc2nc3c(s2)CN(C(=O)C2CCC2)CC3)no1. The van der Waals surface area contributed by atoms with Gasteiger partial charge < -0.3 is 9.42 Å². The number of hydrogen-bond acceptors (Lipinski definition) is 6. The summed E-state index contributed by atoms with van der Waals surface area (Å²) in [6, 6.07) is 1.59. The van der Waals surface area contributed by atoms with Crippen LogP contribution in [0.15, 0.2) is 10.6 Å². The summed E-state index contributed by atoms with van der Waals surface area (Å²) in [5.41, 5.74) is 1.21. The molecule has 0 spiro atoms. The molecule has 7 nitrogen and oxygen atoms in total. The molecule has 2 aliphatic rings. The fraction of sp³-hybridized carbons (Fsp3) is 0.500. The molecule has 0 saturated heterocycles. The van der Waals surface area contributed by atoms with Crippen molar-refractivity contribution in [1.29, 1.82) is 0 Å². The lowest BCUT2D eigenvalue weighted by Gasteiger charge is -2.33. The minimum absolute atomic E-state index is 0.217. The summed E-state index contributed by atoms with van der Waals surface area (Å²) in [5.74, 6) is 0.738. The van der Waals surface area contributed by atoms with Crippen LogP contribution in [-0.4, -0.2) is 33.4 Å². The van der Waals surface area contributed by atoms with Gasteiger partial charge in [0, 0.05) is 29.8 Å². The van der Waals surface area contributed by atoms with E-state index < -0.39 is 0 Å². The Labute approximate surface area is 143 Å². The summed E-state index contributed by atoms with van der Waals surface area (Å²) >= 11 is 1.43. The summed E-state index contributed by atoms with van der Waals surface area (Å²) in [7, 11) is 0. The molecule has 2 amide bonds. The van der Waals surface area contributed by atoms with Gasteiger partial charge in [-0.25, -0.2) is 4.98 Å². The van der Waals surface area contributed by atoms with Crippen molar-refractivity contribution >= 4 is 28.3 Å². The van der Waals surface area contributed by atoms with Crippen LogP contribution in [0.5, 0.6) is 0 Å². The maximum Gasteiger partial charge on any atom is 0.279 e. The average molecular weight is 346 g/mol. The van der Waals surface area contributed by atoms with Gasteiger partial charge in [-0.15, -0.1) is 0 Å². The predicted molar refractivity (Wildman–Crippen MR) is 87.8 cm³/mol. The number of aryl methyl sites for hydroxylation is 1. The minimum Gasteiger partial charge on any atom is -0.361 e. The van der Waals surface area contributed by atoms with Gasteiger partial charge in [-0.2, -0.15) is 0 Å². The van der Waals surface area contributed by atoms with Crippen molar-refractivity contribution in [3.63, 3.8) is 0 Å². The van der Waals surface area contributed by atoms with Crippen LogP contribution in [0.1, 0.15) is 46.1 Å². The number of amides is 2. The second-order valence-corrected chi connectivity index (χ2v) is 7.39. The van der Waals surface area contributed by atoms with E-state index in [9.17, 15) is 9.59 Å². The van der Waals surface area contributed by atoms with Gasteiger partial charge in [0.05, 0.1) is 12.2 Å². The molecule has 0 aromatic carbocycles. The van der Waals surface area contributed by atoms with Crippen molar-refractivity contribution in [2.45, 2.75) is 39.2 Å². The van der Waals surface area contributed by atoms with Crippen molar-refractivity contribution in [2.75, 3.05) is 11.9 Å². The van der Waals surface area contributed by atoms with Crippen LogP contribution in [0, 0.1) is 12.8 Å². The fourth-order valence-electron chi connectivity index (χ4n) is 2.99. The molecule has 126 valence electrons. The topological polar surface area (TPSA) is 88.3 Å². The van der Waals surface area contributed by atoms with Gasteiger partial charge in [0.15, 0.2) is 10.8 Å². The van der Waals surface area contributed by atoms with Crippen LogP contribution in [0.4, 0.5) is 5.13 Å². The number of thiazole rings is 1. The number of anilines is 1. The molecule has 1 aliphatic heterocycles. The van der Waals surface area contributed by atoms with Gasteiger partial charge in [-0.05, 0) is 19.8 Å². The molecule has 1 saturated carbocycles. The first-order valence-corrected chi connectivity index (χ1v) is 8.94. The zero-order chi connectivity index (χ0) is 16.7. The molecule has 0 unspecified atom stereocenters. The molecule has 4 rings (SSSR count). The molecule has 1 fully saturated rings. The Balaban J connectivity index is 1.44. The van der Waals surface area contributed by atoms with Gasteiger partial charge in [-0.3, -0.25) is 14.9 Å². The zero-order valence-electron chi connectivity index (χ0n) is 13.4. The van der Waals surface area contributed by atoms with Crippen LogP contribution in [0.2, 0.25) is 0 Å². The van der Waals surface area contributed by atoms with E-state index in [1.165, 1.54) is 11.3 Å². The highest BCUT2D eigenvalue weighted by molar-refractivity contribution is 7.15. The Morgan fingerprint density at radius 3 is 2.92 bits per heavy atom. The maximum atomic E-state index is 12.4. The van der Waals surface area contributed by atoms with Gasteiger partial charge in [0.1, 0.15) is 5.76 Å². The summed E-state index contributed by atoms with van der Waals surface area (Å²) in [4.78, 5) is 32.0. The third-order valence-electron chi connectivity index (χ3n) is 4.58. The number of aromatic nitrogens is 2. The second kappa shape index (κ2) is 6.01. The van der Waals surface area contributed by atoms with E-state index in [4.69, 9.17) is 4.52 Å². The van der Waals surface area contributed by atoms with E-state index in [0.717, 1.165) is 36.3 Å². The lowest BCUT2D eigenvalue weighted by molar-refractivity contribution is -0.139. The Morgan fingerprint density at radius 1 is 1.42 bits per heavy atom. The lowest BCUT2D eigenvalue weighted by Crippen LogP contribution is -2.41. The van der Waals surface area contributed by atoms with E-state index in [1.807, 2.05) is 4.90 Å². The van der Waals surface area contributed by atoms with Crippen molar-refractivity contribution in [3.05, 3.63) is 28.1 Å². The molecule has 8 heteroatoms. The number of fused-ring (bicyclic) bond motifs is 1. The number of hydrogen-bond donors (Lipinski definition) is 1. The molecule has 0 radical (unpaired) electrons. The van der Waals surface area contributed by atoms with Crippen LogP contribution in [-0.2, 0) is 17.8 Å². The fourth-order valence-corrected chi connectivity index (χ4v) is 4.00. The minimum atomic E-state index is -0.333. The van der Waals surface area contributed by atoms with E-state index in [0.29, 0.717) is 24.0 Å². The number of carbonyl (C=O) groups is 2. The molecule has 1 aliphatic carbocycles. The van der Waals surface area contributed by atoms with Gasteiger partial charge >= 0.3 is 0 Å². The van der Waals surface area contributed by atoms with Crippen LogP contribution < -0.4 is 5.32 Å².